The molecule has 0 spiro atoms. The number of nitrogens with zero attached hydrogens (tertiary/aromatic N) is 1. The number of benzene rings is 5. The average molecular weight is 573 g/mol. The van der Waals surface area contributed by atoms with Crippen molar-refractivity contribution < 1.29 is 0 Å². The second-order valence-electron chi connectivity index (χ2n) is 10.5. The van der Waals surface area contributed by atoms with Gasteiger partial charge in [-0.05, 0) is 91.7 Å². The third kappa shape index (κ3) is 5.48. The Morgan fingerprint density at radius 1 is 0.791 bits per heavy atom. The number of hydrogen-bond donors (Lipinski definition) is 1. The van der Waals surface area contributed by atoms with Crippen LogP contribution in [0.2, 0.25) is 0 Å². The average Bonchev–Trinajstić information content (AvgIpc) is 3.05. The maximum Gasteiger partial charge on any atom is 0.152 e. The molecule has 5 aromatic carbocycles. The van der Waals surface area contributed by atoms with E-state index in [1.54, 1.807) is 11.8 Å². The van der Waals surface area contributed by atoms with Crippen LogP contribution in [0.15, 0.2) is 126 Å². The van der Waals surface area contributed by atoms with Gasteiger partial charge in [-0.2, -0.15) is 0 Å². The second kappa shape index (κ2) is 12.1. The van der Waals surface area contributed by atoms with Crippen molar-refractivity contribution in [2.75, 3.05) is 0 Å². The predicted octanol–water partition coefficient (Wildman–Crippen LogP) is 7.55. The molecule has 0 unspecified atom stereocenters. The first-order valence-corrected chi connectivity index (χ1v) is 15.2. The van der Waals surface area contributed by atoms with Gasteiger partial charge in [0.05, 0.1) is 0 Å². The van der Waals surface area contributed by atoms with Crippen molar-refractivity contribution >= 4 is 57.7 Å². The van der Waals surface area contributed by atoms with Gasteiger partial charge in [0.15, 0.2) is 5.84 Å². The molecular weight excluding hydrogens is 541 g/mol. The standard InChI is InChI=1S/C40H32N2S/c1-5-34-36-21-20-33(25-37(36)35-19-12-22-43-38(6-2)39(34)26(35)3)32-18-11-17-31(24-32)30-16-10-15-29(23-30)27(4)42-40(41)28-13-8-7-9-14-28/h5-25,41H,2-3H2,1,4H3/b22-12-,34-5-,35-19+,39-38+,41-40?,42-27?. The molecule has 6 rings (SSSR count). The minimum atomic E-state index is 0.263. The van der Waals surface area contributed by atoms with Crippen LogP contribution in [-0.2, 0) is 0 Å². The van der Waals surface area contributed by atoms with Gasteiger partial charge >= 0.3 is 0 Å². The van der Waals surface area contributed by atoms with Crippen LogP contribution in [0.25, 0.3) is 56.7 Å². The predicted molar refractivity (Wildman–Crippen MR) is 189 cm³/mol. The zero-order valence-corrected chi connectivity index (χ0v) is 25.2. The lowest BCUT2D eigenvalue weighted by Gasteiger charge is -2.12. The van der Waals surface area contributed by atoms with Gasteiger partial charge in [0.25, 0.3) is 0 Å². The van der Waals surface area contributed by atoms with E-state index in [4.69, 9.17) is 5.41 Å². The van der Waals surface area contributed by atoms with Gasteiger partial charge in [0.1, 0.15) is 0 Å². The first-order chi connectivity index (χ1) is 21.0. The van der Waals surface area contributed by atoms with Crippen LogP contribution in [0.1, 0.15) is 25.0 Å². The molecule has 1 aliphatic heterocycles. The minimum absolute atomic E-state index is 0.263. The van der Waals surface area contributed by atoms with Gasteiger partial charge < -0.3 is 0 Å². The summed E-state index contributed by atoms with van der Waals surface area (Å²) in [4.78, 5) is 5.72. The summed E-state index contributed by atoms with van der Waals surface area (Å²) in [5.74, 6) is 0.263. The topological polar surface area (TPSA) is 36.2 Å². The summed E-state index contributed by atoms with van der Waals surface area (Å²) >= 11 is 1.68. The molecule has 208 valence electrons. The Morgan fingerprint density at radius 2 is 1.47 bits per heavy atom. The summed E-state index contributed by atoms with van der Waals surface area (Å²) in [6.07, 6.45) is 8.39. The number of hydrogen-bond acceptors (Lipinski definition) is 2. The van der Waals surface area contributed by atoms with Gasteiger partial charge in [0, 0.05) is 21.4 Å². The lowest BCUT2D eigenvalue weighted by molar-refractivity contribution is 1.40. The van der Waals surface area contributed by atoms with E-state index in [2.05, 4.69) is 115 Å². The van der Waals surface area contributed by atoms with Crippen LogP contribution in [0, 0.1) is 5.41 Å². The molecular formula is C40H32N2S. The molecule has 43 heavy (non-hydrogen) atoms. The van der Waals surface area contributed by atoms with Crippen molar-refractivity contribution in [2.45, 2.75) is 13.8 Å². The number of allylic oxidation sites excluding steroid dienone is 1. The summed E-state index contributed by atoms with van der Waals surface area (Å²) in [5, 5.41) is 17.5. The van der Waals surface area contributed by atoms with Crippen LogP contribution in [0.4, 0.5) is 0 Å². The molecule has 2 bridgehead atoms. The number of rotatable bonds is 5. The van der Waals surface area contributed by atoms with E-state index in [0.717, 1.165) is 59.7 Å². The van der Waals surface area contributed by atoms with Crippen LogP contribution >= 0.6 is 11.8 Å². The summed E-state index contributed by atoms with van der Waals surface area (Å²) in [7, 11) is 0. The largest absolute Gasteiger partial charge is 0.282 e. The molecule has 1 aliphatic rings. The highest BCUT2D eigenvalue weighted by molar-refractivity contribution is 8.10. The van der Waals surface area contributed by atoms with E-state index < -0.39 is 0 Å². The maximum absolute atomic E-state index is 8.43. The summed E-state index contributed by atoms with van der Waals surface area (Å²) in [5.41, 5.74) is 7.17. The lowest BCUT2D eigenvalue weighted by atomic mass is 9.94. The molecule has 0 amide bonds. The van der Waals surface area contributed by atoms with E-state index in [9.17, 15) is 0 Å². The van der Waals surface area contributed by atoms with Gasteiger partial charge in [-0.1, -0.05) is 128 Å². The molecule has 5 aromatic rings. The van der Waals surface area contributed by atoms with Crippen LogP contribution in [-0.4, -0.2) is 11.5 Å². The molecule has 2 nitrogen and oxygen atoms in total. The second-order valence-corrected chi connectivity index (χ2v) is 11.4. The van der Waals surface area contributed by atoms with Crippen LogP contribution < -0.4 is 20.9 Å². The highest BCUT2D eigenvalue weighted by Gasteiger charge is 2.10. The van der Waals surface area contributed by atoms with Crippen LogP contribution in [0.3, 0.4) is 0 Å². The Balaban J connectivity index is 1.43. The third-order valence-electron chi connectivity index (χ3n) is 7.89. The quantitative estimate of drug-likeness (QED) is 0.171. The van der Waals surface area contributed by atoms with Crippen molar-refractivity contribution in [1.29, 1.82) is 5.41 Å². The minimum Gasteiger partial charge on any atom is -0.282 e. The molecule has 0 aromatic heterocycles. The van der Waals surface area contributed by atoms with Crippen molar-refractivity contribution in [2.24, 2.45) is 4.99 Å². The Kier molecular flexibility index (Phi) is 7.91. The zero-order chi connectivity index (χ0) is 29.9. The normalized spacial score (nSPS) is 16.2. The third-order valence-corrected chi connectivity index (χ3v) is 8.81. The summed E-state index contributed by atoms with van der Waals surface area (Å²) < 4.78 is 0. The van der Waals surface area contributed by atoms with Crippen molar-refractivity contribution in [3.63, 3.8) is 0 Å². The Hall–Kier alpha value is -4.99. The van der Waals surface area contributed by atoms with Crippen LogP contribution in [0.5, 0.6) is 0 Å². The van der Waals surface area contributed by atoms with Gasteiger partial charge in [-0.3, -0.25) is 5.41 Å². The zero-order valence-electron chi connectivity index (χ0n) is 24.4. The van der Waals surface area contributed by atoms with Crippen molar-refractivity contribution in [3.05, 3.63) is 153 Å². The fraction of sp³-hybridized carbons (Fsp3) is 0.0500. The highest BCUT2D eigenvalue weighted by Crippen LogP contribution is 2.28. The van der Waals surface area contributed by atoms with Gasteiger partial charge in [-0.25, -0.2) is 4.99 Å². The van der Waals surface area contributed by atoms with Gasteiger partial charge in [-0.15, -0.1) is 0 Å². The first kappa shape index (κ1) is 28.1. The number of aliphatic imine (C=N–C) groups is 1. The number of thioether (sulfide) groups is 1. The molecule has 0 radical (unpaired) electrons. The molecule has 1 N–H and O–H groups in total. The van der Waals surface area contributed by atoms with Gasteiger partial charge in [0.2, 0.25) is 0 Å². The Bertz CT molecular complexity index is 2220. The fourth-order valence-corrected chi connectivity index (χ4v) is 6.45. The Labute approximate surface area is 256 Å². The first-order valence-electron chi connectivity index (χ1n) is 14.3. The number of nitrogens with one attached hydrogen (secondary N) is 1. The SMILES string of the molecule is C=C/C1=c2/c(=C)/c(c3cc(-c4cccc(-c5cccc(C(C)=NC(=N)c6ccccc6)c5)c4)ccc3/c2=C/C)=C\C=C/S1. The molecule has 0 aliphatic carbocycles. The lowest BCUT2D eigenvalue weighted by Crippen LogP contribution is -2.49. The van der Waals surface area contributed by atoms with Crippen molar-refractivity contribution in [3.8, 4) is 22.3 Å². The smallest absolute Gasteiger partial charge is 0.152 e. The number of amidine groups is 1. The molecule has 3 heteroatoms. The van der Waals surface area contributed by atoms with E-state index in [0.29, 0.717) is 0 Å². The van der Waals surface area contributed by atoms with E-state index in [1.165, 1.54) is 16.0 Å². The highest BCUT2D eigenvalue weighted by atomic mass is 32.2. The van der Waals surface area contributed by atoms with E-state index in [1.807, 2.05) is 43.3 Å². The summed E-state index contributed by atoms with van der Waals surface area (Å²) in [6.45, 7) is 12.7. The summed E-state index contributed by atoms with van der Waals surface area (Å²) in [6, 6.07) is 33.5. The molecule has 0 fully saturated rings. The number of fused-ring (bicyclic) bond motifs is 4. The van der Waals surface area contributed by atoms with E-state index in [-0.39, 0.29) is 5.84 Å². The van der Waals surface area contributed by atoms with E-state index >= 15 is 0 Å². The molecule has 0 atom stereocenters. The molecule has 0 saturated carbocycles. The Morgan fingerprint density at radius 3 is 2.19 bits per heavy atom. The maximum atomic E-state index is 8.43. The molecule has 1 heterocycles. The molecule has 0 saturated heterocycles. The fourth-order valence-electron chi connectivity index (χ4n) is 5.70. The monoisotopic (exact) mass is 572 g/mol. The van der Waals surface area contributed by atoms with Crippen molar-refractivity contribution in [1.82, 2.24) is 0 Å².